The van der Waals surface area contributed by atoms with Gasteiger partial charge >= 0.3 is 18.0 Å². The van der Waals surface area contributed by atoms with Gasteiger partial charge in [0.2, 0.25) is 5.78 Å². The molecule has 0 saturated carbocycles. The maximum atomic E-state index is 13.4. The van der Waals surface area contributed by atoms with E-state index < -0.39 is 35.5 Å². The lowest BCUT2D eigenvalue weighted by atomic mass is 9.95. The van der Waals surface area contributed by atoms with Crippen LogP contribution in [0, 0.1) is 6.92 Å². The molecule has 1 atom stereocenters. The Morgan fingerprint density at radius 1 is 1.00 bits per heavy atom. The van der Waals surface area contributed by atoms with Gasteiger partial charge in [0, 0.05) is 30.8 Å². The minimum absolute atomic E-state index is 0.168. The Balaban J connectivity index is 2.39. The van der Waals surface area contributed by atoms with Gasteiger partial charge in [-0.15, -0.1) is 0 Å². The largest absolute Gasteiger partial charge is 0.461 e. The Labute approximate surface area is 204 Å². The molecule has 0 aromatic heterocycles. The summed E-state index contributed by atoms with van der Waals surface area (Å²) in [7, 11) is 1.38. The second-order valence-electron chi connectivity index (χ2n) is 8.75. The number of nitrogens with one attached hydrogen (secondary N) is 1. The molecule has 2 aromatic rings. The maximum absolute atomic E-state index is 13.4. The van der Waals surface area contributed by atoms with E-state index in [0.29, 0.717) is 16.8 Å². The number of esters is 2. The number of rotatable bonds is 9. The summed E-state index contributed by atoms with van der Waals surface area (Å²) in [6.45, 7) is 7.72. The van der Waals surface area contributed by atoms with Crippen LogP contribution in [0.2, 0.25) is 0 Å². The molecule has 0 saturated heterocycles. The highest BCUT2D eigenvalue weighted by atomic mass is 16.6. The monoisotopic (exact) mass is 485 g/mol. The highest BCUT2D eigenvalue weighted by Crippen LogP contribution is 2.26. The molecule has 2 aromatic carbocycles. The zero-order chi connectivity index (χ0) is 26.2. The van der Waals surface area contributed by atoms with Crippen LogP contribution in [0.3, 0.4) is 0 Å². The van der Waals surface area contributed by atoms with Crippen molar-refractivity contribution in [3.63, 3.8) is 0 Å². The van der Waals surface area contributed by atoms with E-state index in [2.05, 4.69) is 5.32 Å². The summed E-state index contributed by atoms with van der Waals surface area (Å²) in [5.74, 6) is -1.76. The van der Waals surface area contributed by atoms with Crippen molar-refractivity contribution < 1.29 is 38.1 Å². The van der Waals surface area contributed by atoms with Crippen molar-refractivity contribution in [2.75, 3.05) is 19.0 Å². The first-order valence-electron chi connectivity index (χ1n) is 11.0. The molecule has 2 rings (SSSR count). The third kappa shape index (κ3) is 8.22. The van der Waals surface area contributed by atoms with Gasteiger partial charge in [-0.3, -0.25) is 14.9 Å². The molecule has 0 heterocycles. The quantitative estimate of drug-likeness (QED) is 0.314. The van der Waals surface area contributed by atoms with Crippen LogP contribution >= 0.6 is 0 Å². The molecule has 0 spiro atoms. The van der Waals surface area contributed by atoms with Crippen molar-refractivity contribution in [3.05, 3.63) is 64.7 Å². The molecule has 0 aliphatic heterocycles. The number of carbonyl (C=O) groups is 4. The summed E-state index contributed by atoms with van der Waals surface area (Å²) < 4.78 is 21.0. The average molecular weight is 486 g/mol. The van der Waals surface area contributed by atoms with Crippen molar-refractivity contribution in [1.29, 1.82) is 0 Å². The van der Waals surface area contributed by atoms with Crippen LogP contribution in [-0.4, -0.2) is 49.2 Å². The van der Waals surface area contributed by atoms with Gasteiger partial charge in [0.25, 0.3) is 0 Å². The predicted molar refractivity (Wildman–Crippen MR) is 128 cm³/mol. The van der Waals surface area contributed by atoms with Gasteiger partial charge in [-0.1, -0.05) is 18.2 Å². The molecule has 0 bridgehead atoms. The molecule has 1 amide bonds. The topological polar surface area (TPSA) is 117 Å². The van der Waals surface area contributed by atoms with Crippen LogP contribution in [0.1, 0.15) is 59.5 Å². The van der Waals surface area contributed by atoms with Crippen LogP contribution in [0.15, 0.2) is 42.5 Å². The van der Waals surface area contributed by atoms with Crippen LogP contribution < -0.4 is 5.32 Å². The lowest BCUT2D eigenvalue weighted by Gasteiger charge is -2.22. The number of carbonyl (C=O) groups excluding carboxylic acids is 4. The summed E-state index contributed by atoms with van der Waals surface area (Å²) in [6, 6.07) is 11.3. The van der Waals surface area contributed by atoms with Gasteiger partial charge in [-0.2, -0.15) is 0 Å². The van der Waals surface area contributed by atoms with Gasteiger partial charge in [0.05, 0.1) is 12.2 Å². The van der Waals surface area contributed by atoms with Crippen LogP contribution in [-0.2, 0) is 30.3 Å². The third-order valence-electron chi connectivity index (χ3n) is 4.79. The van der Waals surface area contributed by atoms with Gasteiger partial charge in [0.1, 0.15) is 12.2 Å². The fourth-order valence-corrected chi connectivity index (χ4v) is 3.16. The first-order chi connectivity index (χ1) is 16.4. The summed E-state index contributed by atoms with van der Waals surface area (Å²) in [5, 5.41) is 2.65. The van der Waals surface area contributed by atoms with Crippen LogP contribution in [0.25, 0.3) is 0 Å². The highest BCUT2D eigenvalue weighted by molar-refractivity contribution is 6.03. The number of anilines is 1. The lowest BCUT2D eigenvalue weighted by molar-refractivity contribution is -0.142. The zero-order valence-corrected chi connectivity index (χ0v) is 20.8. The number of ketones is 1. The number of hydrogen-bond donors (Lipinski definition) is 1. The molecule has 35 heavy (non-hydrogen) atoms. The third-order valence-corrected chi connectivity index (χ3v) is 4.79. The summed E-state index contributed by atoms with van der Waals surface area (Å²) in [6.07, 6.45) is -1.92. The second-order valence-corrected chi connectivity index (χ2v) is 8.75. The number of ether oxygens (including phenoxy) is 4. The molecule has 188 valence electrons. The van der Waals surface area contributed by atoms with E-state index in [9.17, 15) is 19.2 Å². The molecular weight excluding hydrogens is 454 g/mol. The van der Waals surface area contributed by atoms with Crippen LogP contribution in [0.4, 0.5) is 10.5 Å². The van der Waals surface area contributed by atoms with Crippen molar-refractivity contribution in [1.82, 2.24) is 0 Å². The summed E-state index contributed by atoms with van der Waals surface area (Å²) in [5.41, 5.74) is 0.979. The van der Waals surface area contributed by atoms with E-state index in [1.165, 1.54) is 26.2 Å². The zero-order valence-electron chi connectivity index (χ0n) is 20.8. The minimum atomic E-state index is -1.24. The lowest BCUT2D eigenvalue weighted by Crippen LogP contribution is -2.33. The van der Waals surface area contributed by atoms with Crippen LogP contribution in [0.5, 0.6) is 0 Å². The predicted octanol–water partition coefficient (Wildman–Crippen LogP) is 4.46. The van der Waals surface area contributed by atoms with Crippen molar-refractivity contribution >= 4 is 29.5 Å². The van der Waals surface area contributed by atoms with E-state index in [-0.39, 0.29) is 24.3 Å². The molecule has 1 N–H and O–H groups in total. The van der Waals surface area contributed by atoms with E-state index in [1.54, 1.807) is 58.0 Å². The molecule has 0 aliphatic carbocycles. The Kier molecular flexibility index (Phi) is 9.53. The van der Waals surface area contributed by atoms with E-state index in [0.717, 1.165) is 0 Å². The molecule has 0 fully saturated rings. The SMILES string of the molecule is COC[C@@H](OC(=O)c1ccccc1)C(=O)c1ccc(NC(=O)OC(C)(C)C)c(C)c1COC(C)=O. The number of benzene rings is 2. The molecule has 0 aliphatic rings. The van der Waals surface area contributed by atoms with Gasteiger partial charge in [-0.05, 0) is 57.5 Å². The first kappa shape index (κ1) is 27.5. The average Bonchev–Trinajstić information content (AvgIpc) is 2.78. The van der Waals surface area contributed by atoms with E-state index in [1.807, 2.05) is 0 Å². The van der Waals surface area contributed by atoms with E-state index in [4.69, 9.17) is 18.9 Å². The number of hydrogen-bond acceptors (Lipinski definition) is 8. The fraction of sp³-hybridized carbons (Fsp3) is 0.385. The van der Waals surface area contributed by atoms with Gasteiger partial charge in [0.15, 0.2) is 6.10 Å². The highest BCUT2D eigenvalue weighted by Gasteiger charge is 2.29. The standard InChI is InChI=1S/C26H31NO8/c1-16-20(14-33-17(2)28)19(12-13-21(16)27-25(31)35-26(3,4)5)23(29)22(15-32-6)34-24(30)18-10-8-7-9-11-18/h7-13,22H,14-15H2,1-6H3,(H,27,31)/t22-/m1/s1. The Morgan fingerprint density at radius 2 is 1.66 bits per heavy atom. The molecule has 0 radical (unpaired) electrons. The normalized spacial score (nSPS) is 11.8. The Hall–Kier alpha value is -3.72. The Morgan fingerprint density at radius 3 is 2.23 bits per heavy atom. The Bertz CT molecular complexity index is 1070. The number of Topliss-reactive ketones (excluding diaryl/α,β-unsaturated/α-hetero) is 1. The summed E-state index contributed by atoms with van der Waals surface area (Å²) in [4.78, 5) is 49.7. The number of amides is 1. The molecule has 9 heteroatoms. The minimum Gasteiger partial charge on any atom is -0.461 e. The number of methoxy groups -OCH3 is 1. The smallest absolute Gasteiger partial charge is 0.412 e. The fourth-order valence-electron chi connectivity index (χ4n) is 3.16. The molecular formula is C26H31NO8. The molecule has 9 nitrogen and oxygen atoms in total. The second kappa shape index (κ2) is 12.1. The van der Waals surface area contributed by atoms with Crippen molar-refractivity contribution in [3.8, 4) is 0 Å². The summed E-state index contributed by atoms with van der Waals surface area (Å²) >= 11 is 0. The van der Waals surface area contributed by atoms with E-state index >= 15 is 0 Å². The first-order valence-corrected chi connectivity index (χ1v) is 11.0. The van der Waals surface area contributed by atoms with Gasteiger partial charge in [-0.25, -0.2) is 9.59 Å². The molecule has 0 unspecified atom stereocenters. The van der Waals surface area contributed by atoms with Crippen molar-refractivity contribution in [2.24, 2.45) is 0 Å². The van der Waals surface area contributed by atoms with Gasteiger partial charge < -0.3 is 18.9 Å². The van der Waals surface area contributed by atoms with Crippen molar-refractivity contribution in [2.45, 2.75) is 52.9 Å². The maximum Gasteiger partial charge on any atom is 0.412 e.